The number of aliphatic carboxylic acids is 1. The highest BCUT2D eigenvalue weighted by atomic mass is 79.9. The van der Waals surface area contributed by atoms with E-state index in [2.05, 4.69) is 61.0 Å². The maximum atomic E-state index is 10.8. The van der Waals surface area contributed by atoms with Gasteiger partial charge in [0.15, 0.2) is 0 Å². The van der Waals surface area contributed by atoms with Crippen molar-refractivity contribution in [2.75, 3.05) is 6.61 Å². The van der Waals surface area contributed by atoms with Crippen LogP contribution in [0.1, 0.15) is 53.7 Å². The SMILES string of the molecule is Cc1cc(C)c(C(OCC(C)CCC(=O)O)c2ccc(Br)cc2)c(C)c1. The Morgan fingerprint density at radius 3 is 2.23 bits per heavy atom. The molecule has 2 aromatic rings. The largest absolute Gasteiger partial charge is 0.481 e. The summed E-state index contributed by atoms with van der Waals surface area (Å²) in [6, 6.07) is 12.6. The zero-order chi connectivity index (χ0) is 19.3. The van der Waals surface area contributed by atoms with E-state index in [0.29, 0.717) is 13.0 Å². The Kier molecular flexibility index (Phi) is 7.42. The molecule has 2 atom stereocenters. The first-order chi connectivity index (χ1) is 12.3. The van der Waals surface area contributed by atoms with E-state index in [1.165, 1.54) is 22.3 Å². The molecule has 26 heavy (non-hydrogen) atoms. The summed E-state index contributed by atoms with van der Waals surface area (Å²) in [5, 5.41) is 8.88. The highest BCUT2D eigenvalue weighted by molar-refractivity contribution is 9.10. The second-order valence-corrected chi connectivity index (χ2v) is 8.03. The molecular weight excluding hydrogens is 392 g/mol. The topological polar surface area (TPSA) is 46.5 Å². The Morgan fingerprint density at radius 2 is 1.69 bits per heavy atom. The van der Waals surface area contributed by atoms with Gasteiger partial charge in [-0.25, -0.2) is 0 Å². The predicted octanol–water partition coefficient (Wildman–Crippen LogP) is 5.98. The molecule has 0 spiro atoms. The van der Waals surface area contributed by atoms with Crippen LogP contribution in [0.4, 0.5) is 0 Å². The van der Waals surface area contributed by atoms with Crippen molar-refractivity contribution in [1.82, 2.24) is 0 Å². The molecule has 0 aliphatic rings. The van der Waals surface area contributed by atoms with Gasteiger partial charge in [-0.1, -0.05) is 52.7 Å². The standard InChI is InChI=1S/C22H27BrO3/c1-14(5-10-20(24)25)13-26-22(18-6-8-19(23)9-7-18)21-16(3)11-15(2)12-17(21)4/h6-9,11-12,14,22H,5,10,13H2,1-4H3,(H,24,25). The van der Waals surface area contributed by atoms with Gasteiger partial charge in [0.25, 0.3) is 0 Å². The Balaban J connectivity index is 2.28. The number of hydrogen-bond acceptors (Lipinski definition) is 2. The van der Waals surface area contributed by atoms with Gasteiger partial charge in [-0.15, -0.1) is 0 Å². The first-order valence-corrected chi connectivity index (χ1v) is 9.73. The van der Waals surface area contributed by atoms with Crippen LogP contribution >= 0.6 is 15.9 Å². The highest BCUT2D eigenvalue weighted by Crippen LogP contribution is 2.33. The normalized spacial score (nSPS) is 13.4. The molecule has 0 amide bonds. The van der Waals surface area contributed by atoms with E-state index in [9.17, 15) is 4.79 Å². The number of benzene rings is 2. The monoisotopic (exact) mass is 418 g/mol. The lowest BCUT2D eigenvalue weighted by Crippen LogP contribution is -2.15. The van der Waals surface area contributed by atoms with E-state index < -0.39 is 5.97 Å². The molecule has 0 bridgehead atoms. The first-order valence-electron chi connectivity index (χ1n) is 8.94. The van der Waals surface area contributed by atoms with Crippen LogP contribution < -0.4 is 0 Å². The predicted molar refractivity (Wildman–Crippen MR) is 109 cm³/mol. The van der Waals surface area contributed by atoms with E-state index in [1.807, 2.05) is 19.1 Å². The molecule has 0 heterocycles. The third-order valence-electron chi connectivity index (χ3n) is 4.57. The molecule has 2 aromatic carbocycles. The fourth-order valence-electron chi connectivity index (χ4n) is 3.30. The van der Waals surface area contributed by atoms with E-state index in [1.54, 1.807) is 0 Å². The Morgan fingerprint density at radius 1 is 1.12 bits per heavy atom. The van der Waals surface area contributed by atoms with E-state index >= 15 is 0 Å². The molecule has 0 aromatic heterocycles. The van der Waals surface area contributed by atoms with Crippen molar-refractivity contribution in [1.29, 1.82) is 0 Å². The minimum Gasteiger partial charge on any atom is -0.481 e. The Bertz CT molecular complexity index is 729. The summed E-state index contributed by atoms with van der Waals surface area (Å²) in [5.41, 5.74) is 5.98. The van der Waals surface area contributed by atoms with Crippen molar-refractivity contribution in [3.05, 3.63) is 68.7 Å². The molecule has 3 nitrogen and oxygen atoms in total. The molecule has 1 N–H and O–H groups in total. The number of carboxylic acids is 1. The van der Waals surface area contributed by atoms with Crippen molar-refractivity contribution in [3.8, 4) is 0 Å². The maximum Gasteiger partial charge on any atom is 0.303 e. The molecule has 0 aliphatic carbocycles. The summed E-state index contributed by atoms with van der Waals surface area (Å²) in [7, 11) is 0. The second kappa shape index (κ2) is 9.33. The molecule has 140 valence electrons. The third-order valence-corrected chi connectivity index (χ3v) is 5.10. The van der Waals surface area contributed by atoms with E-state index in [-0.39, 0.29) is 18.4 Å². The smallest absolute Gasteiger partial charge is 0.303 e. The minimum atomic E-state index is -0.758. The van der Waals surface area contributed by atoms with Gasteiger partial charge in [0.1, 0.15) is 6.10 Å². The molecule has 0 aliphatic heterocycles. The fraction of sp³-hybridized carbons (Fsp3) is 0.409. The summed E-state index contributed by atoms with van der Waals surface area (Å²) in [6.07, 6.45) is 0.639. The minimum absolute atomic E-state index is 0.157. The molecule has 2 unspecified atom stereocenters. The van der Waals surface area contributed by atoms with Gasteiger partial charge in [-0.2, -0.15) is 0 Å². The molecule has 0 fully saturated rings. The quantitative estimate of drug-likeness (QED) is 0.573. The number of aryl methyl sites for hydroxylation is 3. The fourth-order valence-corrected chi connectivity index (χ4v) is 3.57. The van der Waals surface area contributed by atoms with Gasteiger partial charge in [0.05, 0.1) is 6.61 Å². The molecular formula is C22H27BrO3. The van der Waals surface area contributed by atoms with Gasteiger partial charge < -0.3 is 9.84 Å². The number of hydrogen-bond donors (Lipinski definition) is 1. The van der Waals surface area contributed by atoms with E-state index in [4.69, 9.17) is 9.84 Å². The second-order valence-electron chi connectivity index (χ2n) is 7.11. The summed E-state index contributed by atoms with van der Waals surface area (Å²) >= 11 is 3.49. The maximum absolute atomic E-state index is 10.8. The Labute approximate surface area is 164 Å². The average molecular weight is 419 g/mol. The first kappa shape index (κ1) is 20.7. The number of halogens is 1. The van der Waals surface area contributed by atoms with Gasteiger partial charge in [0.2, 0.25) is 0 Å². The van der Waals surface area contributed by atoms with Crippen LogP contribution in [0, 0.1) is 26.7 Å². The number of rotatable bonds is 8. The van der Waals surface area contributed by atoms with Crippen molar-refractivity contribution >= 4 is 21.9 Å². The molecule has 2 rings (SSSR count). The summed E-state index contributed by atoms with van der Waals surface area (Å²) in [5.74, 6) is -0.568. The van der Waals surface area contributed by atoms with Gasteiger partial charge in [0, 0.05) is 10.9 Å². The number of carbonyl (C=O) groups is 1. The van der Waals surface area contributed by atoms with Crippen molar-refractivity contribution in [2.24, 2.45) is 5.92 Å². The van der Waals surface area contributed by atoms with Gasteiger partial charge in [-0.3, -0.25) is 4.79 Å². The lowest BCUT2D eigenvalue weighted by Gasteiger charge is -2.25. The lowest BCUT2D eigenvalue weighted by atomic mass is 9.91. The van der Waals surface area contributed by atoms with Crippen molar-refractivity contribution in [3.63, 3.8) is 0 Å². The molecule has 0 saturated heterocycles. The summed E-state index contributed by atoms with van der Waals surface area (Å²) in [6.45, 7) is 8.92. The van der Waals surface area contributed by atoms with Crippen LogP contribution in [0.5, 0.6) is 0 Å². The van der Waals surface area contributed by atoms with Crippen molar-refractivity contribution < 1.29 is 14.6 Å². The molecule has 0 saturated carbocycles. The van der Waals surface area contributed by atoms with Gasteiger partial charge in [-0.05, 0) is 67.5 Å². The average Bonchev–Trinajstić information content (AvgIpc) is 2.56. The van der Waals surface area contributed by atoms with Crippen LogP contribution in [0.15, 0.2) is 40.9 Å². The molecule has 4 heteroatoms. The van der Waals surface area contributed by atoms with Crippen LogP contribution in [-0.2, 0) is 9.53 Å². The van der Waals surface area contributed by atoms with Crippen LogP contribution in [0.2, 0.25) is 0 Å². The van der Waals surface area contributed by atoms with Crippen molar-refractivity contribution in [2.45, 2.75) is 46.6 Å². The molecule has 0 radical (unpaired) electrons. The lowest BCUT2D eigenvalue weighted by molar-refractivity contribution is -0.137. The zero-order valence-electron chi connectivity index (χ0n) is 15.9. The van der Waals surface area contributed by atoms with Gasteiger partial charge >= 0.3 is 5.97 Å². The van der Waals surface area contributed by atoms with Crippen LogP contribution in [0.25, 0.3) is 0 Å². The number of ether oxygens (including phenoxy) is 1. The highest BCUT2D eigenvalue weighted by Gasteiger charge is 2.21. The summed E-state index contributed by atoms with van der Waals surface area (Å²) < 4.78 is 7.38. The zero-order valence-corrected chi connectivity index (χ0v) is 17.5. The van der Waals surface area contributed by atoms with Crippen LogP contribution in [0.3, 0.4) is 0 Å². The third kappa shape index (κ3) is 5.68. The van der Waals surface area contributed by atoms with Crippen LogP contribution in [-0.4, -0.2) is 17.7 Å². The number of carboxylic acid groups (broad SMARTS) is 1. The Hall–Kier alpha value is -1.65. The van der Waals surface area contributed by atoms with E-state index in [0.717, 1.165) is 10.0 Å². The summed E-state index contributed by atoms with van der Waals surface area (Å²) in [4.78, 5) is 10.8.